The van der Waals surface area contributed by atoms with E-state index in [0.717, 1.165) is 17.0 Å². The molecule has 0 radical (unpaired) electrons. The predicted molar refractivity (Wildman–Crippen MR) is 122 cm³/mol. The quantitative estimate of drug-likeness (QED) is 0.397. The van der Waals surface area contributed by atoms with Crippen LogP contribution >= 0.6 is 0 Å². The van der Waals surface area contributed by atoms with Crippen LogP contribution in [-0.2, 0) is 15.9 Å². The van der Waals surface area contributed by atoms with Crippen LogP contribution in [0.1, 0.15) is 61.4 Å². The Hall–Kier alpha value is -3.53. The van der Waals surface area contributed by atoms with Crippen molar-refractivity contribution in [3.8, 4) is 17.6 Å². The summed E-state index contributed by atoms with van der Waals surface area (Å²) < 4.78 is 15.6. The molecule has 0 saturated heterocycles. The average Bonchev–Trinajstić information content (AvgIpc) is 2.76. The van der Waals surface area contributed by atoms with Crippen molar-refractivity contribution in [1.82, 2.24) is 10.3 Å². The number of hydrogen-bond acceptors (Lipinski definition) is 6. The molecule has 1 aromatic carbocycles. The Morgan fingerprint density at radius 3 is 2.38 bits per heavy atom. The van der Waals surface area contributed by atoms with E-state index >= 15 is 0 Å². The van der Waals surface area contributed by atoms with E-state index in [1.165, 1.54) is 7.11 Å². The molecule has 170 valence electrons. The normalized spacial score (nSPS) is 10.5. The second-order valence-electron chi connectivity index (χ2n) is 7.98. The van der Waals surface area contributed by atoms with Crippen molar-refractivity contribution in [2.45, 2.75) is 46.1 Å². The van der Waals surface area contributed by atoms with Gasteiger partial charge in [-0.25, -0.2) is 14.6 Å². The zero-order chi connectivity index (χ0) is 23.6. The molecule has 1 aromatic heterocycles. The molecule has 0 fully saturated rings. The molecule has 0 aliphatic heterocycles. The number of ether oxygens (including phenoxy) is 3. The van der Waals surface area contributed by atoms with Crippen molar-refractivity contribution in [3.63, 3.8) is 0 Å². The molecule has 0 aliphatic rings. The fraction of sp³-hybridized carbons (Fsp3) is 0.400. The van der Waals surface area contributed by atoms with Crippen LogP contribution in [-0.4, -0.2) is 42.9 Å². The maximum absolute atomic E-state index is 11.8. The van der Waals surface area contributed by atoms with Gasteiger partial charge in [0, 0.05) is 23.4 Å². The number of nitrogens with one attached hydrogen (secondary N) is 1. The van der Waals surface area contributed by atoms with E-state index in [1.54, 1.807) is 6.07 Å². The lowest BCUT2D eigenvalue weighted by Gasteiger charge is -2.19. The summed E-state index contributed by atoms with van der Waals surface area (Å²) in [6.45, 7) is 8.37. The van der Waals surface area contributed by atoms with E-state index in [-0.39, 0.29) is 5.69 Å². The van der Waals surface area contributed by atoms with Gasteiger partial charge in [0.05, 0.1) is 13.7 Å². The number of aryl methyl sites for hydroxylation is 1. The third kappa shape index (κ3) is 8.68. The fourth-order valence-electron chi connectivity index (χ4n) is 2.60. The molecule has 0 unspecified atom stereocenters. The van der Waals surface area contributed by atoms with Crippen LogP contribution in [0.25, 0.3) is 0 Å². The maximum atomic E-state index is 11.8. The number of benzene rings is 1. The summed E-state index contributed by atoms with van der Waals surface area (Å²) in [4.78, 5) is 27.6. The van der Waals surface area contributed by atoms with Gasteiger partial charge in [0.2, 0.25) is 0 Å². The van der Waals surface area contributed by atoms with E-state index in [0.29, 0.717) is 31.6 Å². The first-order valence-corrected chi connectivity index (χ1v) is 10.5. The summed E-state index contributed by atoms with van der Waals surface area (Å²) in [6, 6.07) is 10.9. The van der Waals surface area contributed by atoms with E-state index in [4.69, 9.17) is 14.2 Å². The molecular formula is C25H30N2O5. The highest BCUT2D eigenvalue weighted by molar-refractivity contribution is 5.87. The standard InChI is InChI=1S/C25H30N2O5/c1-6-20-16-19(17-22(27-20)23(28)30-5)9-8-18-10-12-21(13-11-18)31-15-7-14-26-24(29)32-25(2,3)4/h10-13,16-17H,6-7,14-15H2,1-5H3,(H,26,29). The van der Waals surface area contributed by atoms with Gasteiger partial charge in [-0.15, -0.1) is 0 Å². The van der Waals surface area contributed by atoms with Gasteiger partial charge in [-0.1, -0.05) is 18.8 Å². The Morgan fingerprint density at radius 1 is 1.06 bits per heavy atom. The first-order chi connectivity index (χ1) is 15.2. The molecule has 2 rings (SSSR count). The summed E-state index contributed by atoms with van der Waals surface area (Å²) in [5.41, 5.74) is 2.04. The molecule has 2 aromatic rings. The lowest BCUT2D eigenvalue weighted by Crippen LogP contribution is -2.33. The number of aromatic nitrogens is 1. The van der Waals surface area contributed by atoms with Crippen LogP contribution < -0.4 is 10.1 Å². The Bertz CT molecular complexity index is 982. The number of pyridine rings is 1. The molecule has 0 aliphatic carbocycles. The summed E-state index contributed by atoms with van der Waals surface area (Å²) in [7, 11) is 1.33. The summed E-state index contributed by atoms with van der Waals surface area (Å²) >= 11 is 0. The molecule has 0 atom stereocenters. The number of hydrogen-bond donors (Lipinski definition) is 1. The highest BCUT2D eigenvalue weighted by Gasteiger charge is 2.15. The molecule has 1 amide bonds. The van der Waals surface area contributed by atoms with Crippen molar-refractivity contribution in [2.75, 3.05) is 20.3 Å². The summed E-state index contributed by atoms with van der Waals surface area (Å²) in [5, 5.41) is 2.70. The van der Waals surface area contributed by atoms with E-state index in [1.807, 2.05) is 58.0 Å². The number of nitrogens with zero attached hydrogens (tertiary/aromatic N) is 1. The van der Waals surface area contributed by atoms with Gasteiger partial charge in [0.1, 0.15) is 17.0 Å². The van der Waals surface area contributed by atoms with Crippen LogP contribution in [0, 0.1) is 11.8 Å². The van der Waals surface area contributed by atoms with Crippen molar-refractivity contribution in [2.24, 2.45) is 0 Å². The highest BCUT2D eigenvalue weighted by Crippen LogP contribution is 2.13. The SMILES string of the molecule is CCc1cc(C#Cc2ccc(OCCCNC(=O)OC(C)(C)C)cc2)cc(C(=O)OC)n1. The second-order valence-corrected chi connectivity index (χ2v) is 7.98. The minimum Gasteiger partial charge on any atom is -0.494 e. The van der Waals surface area contributed by atoms with E-state index in [2.05, 4.69) is 22.1 Å². The predicted octanol–water partition coefficient (Wildman–Crippen LogP) is 4.12. The smallest absolute Gasteiger partial charge is 0.407 e. The monoisotopic (exact) mass is 438 g/mol. The third-order valence-corrected chi connectivity index (χ3v) is 4.10. The zero-order valence-electron chi connectivity index (χ0n) is 19.3. The number of carbonyl (C=O) groups excluding carboxylic acids is 2. The minimum absolute atomic E-state index is 0.251. The zero-order valence-corrected chi connectivity index (χ0v) is 19.3. The highest BCUT2D eigenvalue weighted by atomic mass is 16.6. The number of carbonyl (C=O) groups is 2. The third-order valence-electron chi connectivity index (χ3n) is 4.10. The van der Waals surface area contributed by atoms with Gasteiger partial charge < -0.3 is 19.5 Å². The topological polar surface area (TPSA) is 86.8 Å². The van der Waals surface area contributed by atoms with Crippen molar-refractivity contribution in [3.05, 3.63) is 58.9 Å². The summed E-state index contributed by atoms with van der Waals surface area (Å²) in [6.07, 6.45) is 0.920. The van der Waals surface area contributed by atoms with Crippen LogP contribution in [0.15, 0.2) is 36.4 Å². The molecular weight excluding hydrogens is 408 g/mol. The largest absolute Gasteiger partial charge is 0.494 e. The lowest BCUT2D eigenvalue weighted by molar-refractivity contribution is 0.0524. The van der Waals surface area contributed by atoms with Crippen LogP contribution in [0.4, 0.5) is 4.79 Å². The Balaban J connectivity index is 1.87. The molecule has 0 saturated carbocycles. The fourth-order valence-corrected chi connectivity index (χ4v) is 2.60. The van der Waals surface area contributed by atoms with Crippen LogP contribution in [0.2, 0.25) is 0 Å². The van der Waals surface area contributed by atoms with E-state index < -0.39 is 17.7 Å². The molecule has 0 spiro atoms. The molecule has 0 bridgehead atoms. The number of rotatable bonds is 7. The first-order valence-electron chi connectivity index (χ1n) is 10.5. The number of alkyl carbamates (subject to hydrolysis) is 1. The van der Waals surface area contributed by atoms with E-state index in [9.17, 15) is 9.59 Å². The Kier molecular flexibility index (Phi) is 9.08. The Labute approximate surface area is 189 Å². The van der Waals surface area contributed by atoms with Crippen molar-refractivity contribution < 1.29 is 23.8 Å². The molecule has 7 nitrogen and oxygen atoms in total. The minimum atomic E-state index is -0.509. The maximum Gasteiger partial charge on any atom is 0.407 e. The molecule has 1 N–H and O–H groups in total. The molecule has 32 heavy (non-hydrogen) atoms. The average molecular weight is 439 g/mol. The van der Waals surface area contributed by atoms with Gasteiger partial charge in [-0.2, -0.15) is 0 Å². The van der Waals surface area contributed by atoms with Gasteiger partial charge >= 0.3 is 12.1 Å². The van der Waals surface area contributed by atoms with Crippen molar-refractivity contribution in [1.29, 1.82) is 0 Å². The molecule has 7 heteroatoms. The summed E-state index contributed by atoms with van der Waals surface area (Å²) in [5.74, 6) is 6.39. The van der Waals surface area contributed by atoms with Crippen LogP contribution in [0.5, 0.6) is 5.75 Å². The second kappa shape index (κ2) is 11.8. The molecule has 1 heterocycles. The number of methoxy groups -OCH3 is 1. The van der Waals surface area contributed by atoms with Gasteiger partial charge in [-0.05, 0) is 70.0 Å². The number of amides is 1. The van der Waals surface area contributed by atoms with Gasteiger partial charge in [0.15, 0.2) is 0 Å². The van der Waals surface area contributed by atoms with Crippen molar-refractivity contribution >= 4 is 12.1 Å². The lowest BCUT2D eigenvalue weighted by atomic mass is 10.1. The first kappa shape index (κ1) is 24.7. The number of esters is 1. The van der Waals surface area contributed by atoms with Gasteiger partial charge in [0.25, 0.3) is 0 Å². The van der Waals surface area contributed by atoms with Gasteiger partial charge in [-0.3, -0.25) is 0 Å². The van der Waals surface area contributed by atoms with Crippen LogP contribution in [0.3, 0.4) is 0 Å². The Morgan fingerprint density at radius 2 is 1.75 bits per heavy atom.